The molecule has 0 saturated heterocycles. The Morgan fingerprint density at radius 3 is 2.62 bits per heavy atom. The Kier molecular flexibility index (Phi) is 5.77. The number of pyridine rings is 1. The molecule has 2 heterocycles. The minimum atomic E-state index is -0.339. The molecule has 132 valence electrons. The van der Waals surface area contributed by atoms with Gasteiger partial charge in [0.25, 0.3) is 5.91 Å². The number of hydrogen-bond donors (Lipinski definition) is 2. The first kappa shape index (κ1) is 17.4. The first-order chi connectivity index (χ1) is 12.7. The molecule has 3 rings (SSSR count). The minimum absolute atomic E-state index is 0.142. The van der Waals surface area contributed by atoms with Crippen molar-refractivity contribution in [3.63, 3.8) is 0 Å². The number of benzene rings is 1. The van der Waals surface area contributed by atoms with E-state index in [9.17, 15) is 9.59 Å². The van der Waals surface area contributed by atoms with Gasteiger partial charge in [0.15, 0.2) is 5.76 Å². The predicted octanol–water partition coefficient (Wildman–Crippen LogP) is 2.78. The third kappa shape index (κ3) is 4.57. The Bertz CT molecular complexity index is 860. The van der Waals surface area contributed by atoms with Crippen LogP contribution in [-0.4, -0.2) is 23.3 Å². The summed E-state index contributed by atoms with van der Waals surface area (Å²) < 4.78 is 5.32. The number of nitrogens with zero attached hydrogens (tertiary/aromatic N) is 1. The molecule has 6 heteroatoms. The molecule has 3 aromatic rings. The zero-order chi connectivity index (χ0) is 18.2. The van der Waals surface area contributed by atoms with Crippen molar-refractivity contribution in [2.45, 2.75) is 13.0 Å². The average Bonchev–Trinajstić information content (AvgIpc) is 3.18. The van der Waals surface area contributed by atoms with E-state index < -0.39 is 0 Å². The topological polar surface area (TPSA) is 84.2 Å². The maximum atomic E-state index is 12.3. The Labute approximate surface area is 151 Å². The molecule has 0 fully saturated rings. The molecule has 0 atom stereocenters. The van der Waals surface area contributed by atoms with Crippen molar-refractivity contribution in [1.82, 2.24) is 15.6 Å². The van der Waals surface area contributed by atoms with Crippen LogP contribution in [0.15, 0.2) is 71.6 Å². The molecule has 26 heavy (non-hydrogen) atoms. The highest BCUT2D eigenvalue weighted by Crippen LogP contribution is 2.24. The molecule has 0 aliphatic rings. The third-order valence-corrected chi connectivity index (χ3v) is 3.81. The zero-order valence-corrected chi connectivity index (χ0v) is 14.1. The Hall–Kier alpha value is -3.41. The summed E-state index contributed by atoms with van der Waals surface area (Å²) in [5, 5.41) is 5.51. The van der Waals surface area contributed by atoms with Crippen LogP contribution < -0.4 is 10.6 Å². The van der Waals surface area contributed by atoms with Gasteiger partial charge in [0, 0.05) is 37.5 Å². The van der Waals surface area contributed by atoms with E-state index >= 15 is 0 Å². The first-order valence-corrected chi connectivity index (χ1v) is 8.31. The molecule has 0 spiro atoms. The average molecular weight is 349 g/mol. The lowest BCUT2D eigenvalue weighted by atomic mass is 10.1. The quantitative estimate of drug-likeness (QED) is 0.687. The van der Waals surface area contributed by atoms with E-state index in [2.05, 4.69) is 15.6 Å². The highest BCUT2D eigenvalue weighted by Gasteiger charge is 2.16. The molecule has 0 unspecified atom stereocenters. The van der Waals surface area contributed by atoms with Gasteiger partial charge in [-0.1, -0.05) is 36.4 Å². The van der Waals surface area contributed by atoms with E-state index in [0.29, 0.717) is 6.54 Å². The summed E-state index contributed by atoms with van der Waals surface area (Å²) in [6.07, 6.45) is 5.05. The van der Waals surface area contributed by atoms with Gasteiger partial charge in [0.1, 0.15) is 0 Å². The van der Waals surface area contributed by atoms with Gasteiger partial charge in [0.2, 0.25) is 5.91 Å². The monoisotopic (exact) mass is 349 g/mol. The molecule has 0 bridgehead atoms. The number of hydrogen-bond acceptors (Lipinski definition) is 4. The van der Waals surface area contributed by atoms with E-state index in [1.807, 2.05) is 42.5 Å². The van der Waals surface area contributed by atoms with Crippen LogP contribution in [0, 0.1) is 0 Å². The second-order valence-electron chi connectivity index (χ2n) is 5.67. The number of aromatic nitrogens is 1. The van der Waals surface area contributed by atoms with Gasteiger partial charge < -0.3 is 15.1 Å². The van der Waals surface area contributed by atoms with Crippen LogP contribution in [0.2, 0.25) is 0 Å². The highest BCUT2D eigenvalue weighted by atomic mass is 16.3. The van der Waals surface area contributed by atoms with Gasteiger partial charge >= 0.3 is 0 Å². The van der Waals surface area contributed by atoms with Gasteiger partial charge in [-0.3, -0.25) is 14.6 Å². The van der Waals surface area contributed by atoms with Gasteiger partial charge in [0.05, 0.1) is 6.26 Å². The van der Waals surface area contributed by atoms with E-state index in [1.54, 1.807) is 18.5 Å². The van der Waals surface area contributed by atoms with Crippen LogP contribution in [0.4, 0.5) is 0 Å². The van der Waals surface area contributed by atoms with Gasteiger partial charge in [-0.05, 0) is 23.3 Å². The van der Waals surface area contributed by atoms with E-state index in [0.717, 1.165) is 16.7 Å². The number of nitrogens with one attached hydrogen (secondary N) is 2. The standard InChI is InChI=1S/C20H19N3O3/c24-18(23-14-15-5-4-10-21-13-15)8-11-22-20(25)19-17(9-12-26-19)16-6-2-1-3-7-16/h1-7,9-10,12-13H,8,11,14H2,(H,22,25)(H,23,24). The molecule has 0 radical (unpaired) electrons. The molecule has 0 aliphatic heterocycles. The summed E-state index contributed by atoms with van der Waals surface area (Å²) in [5.41, 5.74) is 2.55. The second kappa shape index (κ2) is 8.62. The summed E-state index contributed by atoms with van der Waals surface area (Å²) in [4.78, 5) is 28.2. The fraction of sp³-hybridized carbons (Fsp3) is 0.150. The predicted molar refractivity (Wildman–Crippen MR) is 97.2 cm³/mol. The number of rotatable bonds is 7. The minimum Gasteiger partial charge on any atom is -0.459 e. The van der Waals surface area contributed by atoms with Gasteiger partial charge in [-0.15, -0.1) is 0 Å². The van der Waals surface area contributed by atoms with E-state index in [-0.39, 0.29) is 30.5 Å². The van der Waals surface area contributed by atoms with Crippen molar-refractivity contribution in [1.29, 1.82) is 0 Å². The van der Waals surface area contributed by atoms with Crippen LogP contribution in [-0.2, 0) is 11.3 Å². The second-order valence-corrected chi connectivity index (χ2v) is 5.67. The van der Waals surface area contributed by atoms with Crippen molar-refractivity contribution < 1.29 is 14.0 Å². The van der Waals surface area contributed by atoms with E-state index in [4.69, 9.17) is 4.42 Å². The molecular weight excluding hydrogens is 330 g/mol. The van der Waals surface area contributed by atoms with Crippen molar-refractivity contribution in [3.8, 4) is 11.1 Å². The van der Waals surface area contributed by atoms with Crippen LogP contribution in [0.25, 0.3) is 11.1 Å². The molecule has 2 amide bonds. The summed E-state index contributed by atoms with van der Waals surface area (Å²) in [5.74, 6) is -0.238. The van der Waals surface area contributed by atoms with Crippen LogP contribution in [0.3, 0.4) is 0 Å². The van der Waals surface area contributed by atoms with Crippen molar-refractivity contribution in [2.75, 3.05) is 6.54 Å². The maximum absolute atomic E-state index is 12.3. The molecule has 0 saturated carbocycles. The number of carbonyl (C=O) groups excluding carboxylic acids is 2. The first-order valence-electron chi connectivity index (χ1n) is 8.31. The number of amides is 2. The molecule has 2 aromatic heterocycles. The lowest BCUT2D eigenvalue weighted by molar-refractivity contribution is -0.121. The van der Waals surface area contributed by atoms with Crippen molar-refractivity contribution in [3.05, 3.63) is 78.5 Å². The lowest BCUT2D eigenvalue weighted by Crippen LogP contribution is -2.30. The van der Waals surface area contributed by atoms with Gasteiger partial charge in [-0.2, -0.15) is 0 Å². The fourth-order valence-electron chi connectivity index (χ4n) is 2.49. The largest absolute Gasteiger partial charge is 0.459 e. The zero-order valence-electron chi connectivity index (χ0n) is 14.1. The summed E-state index contributed by atoms with van der Waals surface area (Å²) in [7, 11) is 0. The highest BCUT2D eigenvalue weighted by molar-refractivity contribution is 5.98. The number of furan rings is 1. The van der Waals surface area contributed by atoms with Crippen LogP contribution >= 0.6 is 0 Å². The fourth-order valence-corrected chi connectivity index (χ4v) is 2.49. The van der Waals surface area contributed by atoms with Crippen LogP contribution in [0.5, 0.6) is 0 Å². The summed E-state index contributed by atoms with van der Waals surface area (Å²) in [6, 6.07) is 15.0. The van der Waals surface area contributed by atoms with Crippen molar-refractivity contribution >= 4 is 11.8 Å². The van der Waals surface area contributed by atoms with Crippen LogP contribution in [0.1, 0.15) is 22.5 Å². The Morgan fingerprint density at radius 2 is 1.85 bits per heavy atom. The SMILES string of the molecule is O=C(CCNC(=O)c1occc1-c1ccccc1)NCc1cccnc1. The molecule has 6 nitrogen and oxygen atoms in total. The normalized spacial score (nSPS) is 10.3. The maximum Gasteiger partial charge on any atom is 0.287 e. The van der Waals surface area contributed by atoms with Gasteiger partial charge in [-0.25, -0.2) is 0 Å². The Morgan fingerprint density at radius 1 is 1.00 bits per heavy atom. The van der Waals surface area contributed by atoms with Crippen molar-refractivity contribution in [2.24, 2.45) is 0 Å². The Balaban J connectivity index is 1.48. The molecule has 0 aliphatic carbocycles. The lowest BCUT2D eigenvalue weighted by Gasteiger charge is -2.07. The number of carbonyl (C=O) groups is 2. The smallest absolute Gasteiger partial charge is 0.287 e. The molecular formula is C20H19N3O3. The van der Waals surface area contributed by atoms with E-state index in [1.165, 1.54) is 6.26 Å². The molecule has 1 aromatic carbocycles. The molecule has 2 N–H and O–H groups in total. The summed E-state index contributed by atoms with van der Waals surface area (Å²) in [6.45, 7) is 0.642. The third-order valence-electron chi connectivity index (χ3n) is 3.81. The summed E-state index contributed by atoms with van der Waals surface area (Å²) >= 11 is 0.